The molecule has 0 aromatic heterocycles. The maximum atomic E-state index is 12.3. The van der Waals surface area contributed by atoms with Crippen LogP contribution < -0.4 is 11.1 Å². The predicted molar refractivity (Wildman–Crippen MR) is 85.5 cm³/mol. The van der Waals surface area contributed by atoms with E-state index in [0.29, 0.717) is 18.4 Å². The zero-order valence-electron chi connectivity index (χ0n) is 11.2. The van der Waals surface area contributed by atoms with Crippen molar-refractivity contribution in [2.24, 2.45) is 23.5 Å². The monoisotopic (exact) mass is 358 g/mol. The quantitative estimate of drug-likeness (QED) is 0.872. The lowest BCUT2D eigenvalue weighted by Gasteiger charge is -2.27. The Labute approximate surface area is 134 Å². The van der Waals surface area contributed by atoms with Gasteiger partial charge in [-0.3, -0.25) is 4.79 Å². The van der Waals surface area contributed by atoms with E-state index in [1.165, 1.54) is 12.8 Å². The van der Waals surface area contributed by atoms with E-state index in [0.717, 1.165) is 16.5 Å². The van der Waals surface area contributed by atoms with Gasteiger partial charge in [-0.15, -0.1) is 12.4 Å². The molecule has 2 saturated carbocycles. The summed E-state index contributed by atoms with van der Waals surface area (Å²) in [5, 5.41) is 3.05. The van der Waals surface area contributed by atoms with Crippen molar-refractivity contribution < 1.29 is 4.79 Å². The number of halogens is 2. The minimum atomic E-state index is 0. The van der Waals surface area contributed by atoms with Gasteiger partial charge in [-0.05, 0) is 42.7 Å². The van der Waals surface area contributed by atoms with Crippen molar-refractivity contribution in [3.05, 3.63) is 34.3 Å². The fourth-order valence-corrected chi connectivity index (χ4v) is 4.09. The largest absolute Gasteiger partial charge is 0.352 e. The summed E-state index contributed by atoms with van der Waals surface area (Å²) in [5.41, 5.74) is 7.30. The lowest BCUT2D eigenvalue weighted by atomic mass is 9.84. The van der Waals surface area contributed by atoms with Gasteiger partial charge >= 0.3 is 0 Å². The molecular weight excluding hydrogens is 340 g/mol. The standard InChI is InChI=1S/C15H19BrN2O.ClH/c16-12-4-2-1-3-11(12)8-18-15(19)13-9-5-6-10(7-9)14(13)17;/h1-4,9-10,13-14H,5-8,17H2,(H,18,19);1H. The van der Waals surface area contributed by atoms with Gasteiger partial charge in [0, 0.05) is 17.1 Å². The fourth-order valence-electron chi connectivity index (χ4n) is 3.67. The molecule has 5 heteroatoms. The van der Waals surface area contributed by atoms with Crippen molar-refractivity contribution in [2.45, 2.75) is 31.8 Å². The highest BCUT2D eigenvalue weighted by Gasteiger charge is 2.48. The van der Waals surface area contributed by atoms with E-state index in [4.69, 9.17) is 5.73 Å². The van der Waals surface area contributed by atoms with Crippen LogP contribution in [0.5, 0.6) is 0 Å². The van der Waals surface area contributed by atoms with Gasteiger partial charge in [-0.1, -0.05) is 34.1 Å². The van der Waals surface area contributed by atoms with Crippen molar-refractivity contribution >= 4 is 34.2 Å². The van der Waals surface area contributed by atoms with E-state index in [1.807, 2.05) is 24.3 Å². The Morgan fingerprint density at radius 2 is 2.00 bits per heavy atom. The zero-order valence-corrected chi connectivity index (χ0v) is 13.6. The molecule has 110 valence electrons. The molecule has 0 aliphatic heterocycles. The first kappa shape index (κ1) is 15.8. The summed E-state index contributed by atoms with van der Waals surface area (Å²) in [6.45, 7) is 0.570. The van der Waals surface area contributed by atoms with E-state index in [2.05, 4.69) is 21.2 Å². The number of hydrogen-bond acceptors (Lipinski definition) is 2. The molecule has 2 aliphatic rings. The number of nitrogens with two attached hydrogens (primary N) is 1. The molecule has 1 aromatic carbocycles. The van der Waals surface area contributed by atoms with Crippen LogP contribution in [0.1, 0.15) is 24.8 Å². The second kappa shape index (κ2) is 6.46. The van der Waals surface area contributed by atoms with Crippen LogP contribution in [0.3, 0.4) is 0 Å². The molecule has 3 N–H and O–H groups in total. The minimum Gasteiger partial charge on any atom is -0.352 e. The number of amides is 1. The molecule has 2 fully saturated rings. The minimum absolute atomic E-state index is 0. The van der Waals surface area contributed by atoms with Crippen LogP contribution in [-0.4, -0.2) is 11.9 Å². The molecule has 1 amide bonds. The first-order valence-corrected chi connectivity index (χ1v) is 7.73. The normalized spacial score (nSPS) is 30.9. The molecule has 3 rings (SSSR count). The third-order valence-electron chi connectivity index (χ3n) is 4.69. The van der Waals surface area contributed by atoms with Gasteiger partial charge < -0.3 is 11.1 Å². The highest BCUT2D eigenvalue weighted by atomic mass is 79.9. The Balaban J connectivity index is 0.00000147. The van der Waals surface area contributed by atoms with Gasteiger partial charge in [0.05, 0.1) is 5.92 Å². The van der Waals surface area contributed by atoms with E-state index < -0.39 is 0 Å². The molecule has 20 heavy (non-hydrogen) atoms. The van der Waals surface area contributed by atoms with Crippen LogP contribution in [-0.2, 0) is 11.3 Å². The van der Waals surface area contributed by atoms with Crippen molar-refractivity contribution in [3.63, 3.8) is 0 Å². The van der Waals surface area contributed by atoms with Gasteiger partial charge in [0.1, 0.15) is 0 Å². The summed E-state index contributed by atoms with van der Waals surface area (Å²) in [6, 6.07) is 8.03. The summed E-state index contributed by atoms with van der Waals surface area (Å²) in [6.07, 6.45) is 3.53. The third-order valence-corrected chi connectivity index (χ3v) is 5.47. The lowest BCUT2D eigenvalue weighted by molar-refractivity contribution is -0.127. The summed E-state index contributed by atoms with van der Waals surface area (Å²) in [4.78, 5) is 12.3. The molecule has 4 unspecified atom stereocenters. The van der Waals surface area contributed by atoms with Gasteiger partial charge in [-0.25, -0.2) is 0 Å². The molecule has 0 radical (unpaired) electrons. The molecule has 3 nitrogen and oxygen atoms in total. The number of carbonyl (C=O) groups is 1. The second-order valence-corrected chi connectivity index (χ2v) is 6.60. The molecule has 4 atom stereocenters. The molecule has 2 bridgehead atoms. The van der Waals surface area contributed by atoms with Crippen LogP contribution in [0.15, 0.2) is 28.7 Å². The maximum Gasteiger partial charge on any atom is 0.225 e. The lowest BCUT2D eigenvalue weighted by Crippen LogP contribution is -2.45. The highest BCUT2D eigenvalue weighted by Crippen LogP contribution is 2.47. The summed E-state index contributed by atoms with van der Waals surface area (Å²) in [5.74, 6) is 1.25. The van der Waals surface area contributed by atoms with Crippen LogP contribution >= 0.6 is 28.3 Å². The van der Waals surface area contributed by atoms with Crippen LogP contribution in [0.4, 0.5) is 0 Å². The Morgan fingerprint density at radius 3 is 2.65 bits per heavy atom. The van der Waals surface area contributed by atoms with E-state index in [9.17, 15) is 4.79 Å². The van der Waals surface area contributed by atoms with Crippen LogP contribution in [0.2, 0.25) is 0 Å². The van der Waals surface area contributed by atoms with Gasteiger partial charge in [0.25, 0.3) is 0 Å². The number of fused-ring (bicyclic) bond motifs is 2. The first-order valence-electron chi connectivity index (χ1n) is 6.93. The summed E-state index contributed by atoms with van der Waals surface area (Å²) in [7, 11) is 0. The summed E-state index contributed by atoms with van der Waals surface area (Å²) >= 11 is 3.50. The van der Waals surface area contributed by atoms with E-state index >= 15 is 0 Å². The second-order valence-electron chi connectivity index (χ2n) is 5.75. The van der Waals surface area contributed by atoms with Gasteiger partial charge in [-0.2, -0.15) is 0 Å². The SMILES string of the molecule is Cl.NC1C2CCC(C2)C1C(=O)NCc1ccccc1Br. The zero-order chi connectivity index (χ0) is 13.4. The van der Waals surface area contributed by atoms with E-state index in [-0.39, 0.29) is 30.3 Å². The molecular formula is C15H20BrClN2O. The van der Waals surface area contributed by atoms with Crippen LogP contribution in [0.25, 0.3) is 0 Å². The molecule has 2 aliphatic carbocycles. The van der Waals surface area contributed by atoms with Crippen LogP contribution in [0, 0.1) is 17.8 Å². The molecule has 0 spiro atoms. The predicted octanol–water partition coefficient (Wildman–Crippen LogP) is 2.86. The van der Waals surface area contributed by atoms with Crippen molar-refractivity contribution in [1.82, 2.24) is 5.32 Å². The number of benzene rings is 1. The summed E-state index contributed by atoms with van der Waals surface area (Å²) < 4.78 is 1.03. The van der Waals surface area contributed by atoms with Crippen molar-refractivity contribution in [2.75, 3.05) is 0 Å². The van der Waals surface area contributed by atoms with Gasteiger partial charge in [0.15, 0.2) is 0 Å². The van der Waals surface area contributed by atoms with Crippen molar-refractivity contribution in [3.8, 4) is 0 Å². The Bertz CT molecular complexity index is 495. The Morgan fingerprint density at radius 1 is 1.30 bits per heavy atom. The number of hydrogen-bond donors (Lipinski definition) is 2. The average Bonchev–Trinajstić information content (AvgIpc) is 2.98. The maximum absolute atomic E-state index is 12.3. The number of rotatable bonds is 3. The molecule has 0 saturated heterocycles. The smallest absolute Gasteiger partial charge is 0.225 e. The van der Waals surface area contributed by atoms with E-state index in [1.54, 1.807) is 0 Å². The Kier molecular flexibility index (Phi) is 5.10. The highest BCUT2D eigenvalue weighted by molar-refractivity contribution is 9.10. The van der Waals surface area contributed by atoms with Crippen molar-refractivity contribution in [1.29, 1.82) is 0 Å². The fraction of sp³-hybridized carbons (Fsp3) is 0.533. The number of carbonyl (C=O) groups excluding carboxylic acids is 1. The topological polar surface area (TPSA) is 55.1 Å². The Hall–Kier alpha value is -0.580. The average molecular weight is 360 g/mol. The van der Waals surface area contributed by atoms with Gasteiger partial charge in [0.2, 0.25) is 5.91 Å². The molecule has 1 aromatic rings. The number of nitrogens with one attached hydrogen (secondary N) is 1. The molecule has 0 heterocycles. The third kappa shape index (κ3) is 2.87. The first-order chi connectivity index (χ1) is 9.16.